The topological polar surface area (TPSA) is 245 Å². The first-order valence-corrected chi connectivity index (χ1v) is 21.5. The molecule has 0 spiro atoms. The highest BCUT2D eigenvalue weighted by Crippen LogP contribution is 2.76. The molecule has 19 atom stereocenters. The van der Waals surface area contributed by atoms with Crippen LogP contribution in [0.25, 0.3) is 0 Å². The number of rotatable bonds is 12. The monoisotopic (exact) mass is 828 g/mol. The van der Waals surface area contributed by atoms with E-state index in [1.54, 1.807) is 0 Å². The zero-order chi connectivity index (χ0) is 42.7. The van der Waals surface area contributed by atoms with Crippen LogP contribution in [0.1, 0.15) is 106 Å². The van der Waals surface area contributed by atoms with Crippen LogP contribution in [-0.4, -0.2) is 151 Å². The van der Waals surface area contributed by atoms with Gasteiger partial charge >= 0.3 is 5.97 Å². The number of hydrogen-bond donors (Lipinski definition) is 9. The molecule has 0 aromatic carbocycles. The minimum atomic E-state index is -1.66. The Labute approximate surface area is 342 Å². The van der Waals surface area contributed by atoms with Crippen molar-refractivity contribution in [3.05, 3.63) is 11.6 Å². The first kappa shape index (κ1) is 46.2. The van der Waals surface area contributed by atoms with Gasteiger partial charge in [-0.25, -0.2) is 0 Å². The maximum atomic E-state index is 12.5. The second-order valence-electron chi connectivity index (χ2n) is 20.0. The maximum absolute atomic E-state index is 12.5. The molecule has 9 N–H and O–H groups in total. The summed E-state index contributed by atoms with van der Waals surface area (Å²) < 4.78 is 29.5. The van der Waals surface area contributed by atoms with Gasteiger partial charge < -0.3 is 69.6 Å². The Hall–Kier alpha value is -1.31. The lowest BCUT2D eigenvalue weighted by Crippen LogP contribution is -2.71. The molecule has 15 heteroatoms. The van der Waals surface area contributed by atoms with E-state index >= 15 is 0 Å². The number of allylic oxidation sites excluding steroid dienone is 1. The fourth-order valence-corrected chi connectivity index (χ4v) is 13.5. The Morgan fingerprint density at radius 2 is 1.57 bits per heavy atom. The zero-order valence-corrected chi connectivity index (χ0v) is 35.4. The predicted molar refractivity (Wildman–Crippen MR) is 207 cm³/mol. The molecule has 0 aromatic heterocycles. The fraction of sp³-hybridized carbons (Fsp3) is 0.930. The lowest BCUT2D eigenvalue weighted by molar-refractivity contribution is -0.372. The Balaban J connectivity index is 1.23. The van der Waals surface area contributed by atoms with Crippen LogP contribution < -0.4 is 0 Å². The average Bonchev–Trinajstić information content (AvgIpc) is 3.53. The van der Waals surface area contributed by atoms with Crippen molar-refractivity contribution in [2.24, 2.45) is 45.3 Å². The number of fused-ring (bicyclic) bond motifs is 5. The van der Waals surface area contributed by atoms with Crippen molar-refractivity contribution in [2.45, 2.75) is 179 Å². The molecule has 0 amide bonds. The Bertz CT molecular complexity index is 1470. The standard InChI is InChI=1S/C43H72O15/c1-22(18-44)9-8-14-42(7,53)25-12-16-41(6)24(25)10-11-28-40(5)15-13-31(39(3,4)29(40)17-30(49)43(28,41)21-46)57-38-36(33(51)32(50)27(19-45)56-38)58-37-34(52)35(55-23(2)47)26(48)20-54-37/h9,24-38,44-46,48-53H,8,10-21H2,1-7H3/b22-9+/t24-,25+,26+,27-,28-,29+,30+,31+,32-,33+,34-,35+,36-,37+,38+,40-,41-,42+,43+/m1/s1. The number of ether oxygens (including phenoxy) is 5. The average molecular weight is 829 g/mol. The summed E-state index contributed by atoms with van der Waals surface area (Å²) >= 11 is 0. The molecular weight excluding hydrogens is 756 g/mol. The van der Waals surface area contributed by atoms with Crippen LogP contribution in [0.15, 0.2) is 11.6 Å². The van der Waals surface area contributed by atoms with Crippen molar-refractivity contribution in [3.8, 4) is 0 Å². The van der Waals surface area contributed by atoms with Crippen molar-refractivity contribution < 1.29 is 74.4 Å². The molecule has 2 saturated heterocycles. The molecule has 4 aliphatic carbocycles. The molecule has 2 heterocycles. The van der Waals surface area contributed by atoms with Gasteiger partial charge in [-0.05, 0) is 112 Å². The molecule has 6 aliphatic rings. The Kier molecular flexibility index (Phi) is 13.6. The van der Waals surface area contributed by atoms with E-state index in [2.05, 4.69) is 27.7 Å². The van der Waals surface area contributed by atoms with Crippen molar-refractivity contribution in [2.75, 3.05) is 26.4 Å². The highest BCUT2D eigenvalue weighted by Gasteiger charge is 2.74. The summed E-state index contributed by atoms with van der Waals surface area (Å²) in [6.07, 6.45) is -6.41. The Morgan fingerprint density at radius 3 is 2.21 bits per heavy atom. The molecule has 58 heavy (non-hydrogen) atoms. The number of hydrogen-bond acceptors (Lipinski definition) is 15. The molecule has 0 bridgehead atoms. The second-order valence-corrected chi connectivity index (χ2v) is 20.0. The van der Waals surface area contributed by atoms with E-state index in [0.717, 1.165) is 38.2 Å². The molecule has 4 saturated carbocycles. The van der Waals surface area contributed by atoms with E-state index in [1.807, 2.05) is 19.9 Å². The maximum Gasteiger partial charge on any atom is 0.303 e. The third-order valence-corrected chi connectivity index (χ3v) is 16.6. The number of carbonyl (C=O) groups is 1. The van der Waals surface area contributed by atoms with Crippen LogP contribution in [0.2, 0.25) is 0 Å². The third kappa shape index (κ3) is 7.64. The first-order chi connectivity index (χ1) is 27.1. The van der Waals surface area contributed by atoms with Crippen LogP contribution in [0.3, 0.4) is 0 Å². The highest BCUT2D eigenvalue weighted by molar-refractivity contribution is 5.66. The minimum Gasteiger partial charge on any atom is -0.457 e. The molecule has 2 aliphatic heterocycles. The number of esters is 1. The van der Waals surface area contributed by atoms with Gasteiger partial charge in [0.05, 0.1) is 44.2 Å². The van der Waals surface area contributed by atoms with Gasteiger partial charge in [-0.3, -0.25) is 4.79 Å². The van der Waals surface area contributed by atoms with Crippen molar-refractivity contribution in [1.82, 2.24) is 0 Å². The van der Waals surface area contributed by atoms with Gasteiger partial charge in [0.25, 0.3) is 0 Å². The molecule has 6 rings (SSSR count). The largest absolute Gasteiger partial charge is 0.457 e. The SMILES string of the molecule is CC(=O)O[C@@H]1[C@@H](O)[C@H](O[C@H]2[C@H](O[C@H]3CC[C@]4(C)[C@H]5CC[C@@H]6[C@@H]([C@@](C)(O)CC/C=C(\C)CO)CC[C@@]6(C)[C@]5(CO)[C@@H](O)C[C@H]4C3(C)C)O[C@H](CO)[C@@H](O)[C@@H]2O)OC[C@@H]1O. The number of carbonyl (C=O) groups excluding carboxylic acids is 1. The summed E-state index contributed by atoms with van der Waals surface area (Å²) in [7, 11) is 0. The van der Waals surface area contributed by atoms with Gasteiger partial charge in [0.15, 0.2) is 18.7 Å². The summed E-state index contributed by atoms with van der Waals surface area (Å²) in [5.74, 6) is -0.732. The number of aliphatic hydroxyl groups excluding tert-OH is 8. The van der Waals surface area contributed by atoms with E-state index in [1.165, 1.54) is 0 Å². The zero-order valence-electron chi connectivity index (χ0n) is 35.4. The molecular formula is C43H72O15. The lowest BCUT2D eigenvalue weighted by Gasteiger charge is -2.71. The highest BCUT2D eigenvalue weighted by atomic mass is 16.8. The van der Waals surface area contributed by atoms with E-state index in [9.17, 15) is 50.8 Å². The molecule has 0 radical (unpaired) electrons. The quantitative estimate of drug-likeness (QED) is 0.0765. The van der Waals surface area contributed by atoms with Gasteiger partial charge in [0.2, 0.25) is 0 Å². The van der Waals surface area contributed by atoms with Crippen molar-refractivity contribution in [1.29, 1.82) is 0 Å². The van der Waals surface area contributed by atoms with Gasteiger partial charge in [-0.1, -0.05) is 39.3 Å². The summed E-state index contributed by atoms with van der Waals surface area (Å²) in [4.78, 5) is 11.7. The second kappa shape index (κ2) is 17.1. The molecule has 6 fully saturated rings. The normalized spacial score (nSPS) is 49.0. The van der Waals surface area contributed by atoms with E-state index in [-0.39, 0.29) is 48.9 Å². The third-order valence-electron chi connectivity index (χ3n) is 16.6. The lowest BCUT2D eigenvalue weighted by atomic mass is 9.34. The van der Waals surface area contributed by atoms with Crippen LogP contribution in [0.5, 0.6) is 0 Å². The summed E-state index contributed by atoms with van der Waals surface area (Å²) in [5.41, 5.74) is -2.21. The van der Waals surface area contributed by atoms with Crippen LogP contribution >= 0.6 is 0 Å². The van der Waals surface area contributed by atoms with Gasteiger partial charge in [-0.15, -0.1) is 0 Å². The smallest absolute Gasteiger partial charge is 0.303 e. The fourth-order valence-electron chi connectivity index (χ4n) is 13.5. The number of aliphatic hydroxyl groups is 9. The van der Waals surface area contributed by atoms with Crippen LogP contribution in [0, 0.1) is 45.3 Å². The Morgan fingerprint density at radius 1 is 0.862 bits per heavy atom. The molecule has 334 valence electrons. The van der Waals surface area contributed by atoms with E-state index < -0.39 is 102 Å². The van der Waals surface area contributed by atoms with Gasteiger partial charge in [0, 0.05) is 12.3 Å². The first-order valence-electron chi connectivity index (χ1n) is 21.5. The minimum absolute atomic E-state index is 0.00280. The molecule has 0 aromatic rings. The summed E-state index contributed by atoms with van der Waals surface area (Å²) in [6.45, 7) is 12.5. The van der Waals surface area contributed by atoms with Crippen molar-refractivity contribution >= 4 is 5.97 Å². The van der Waals surface area contributed by atoms with E-state index in [0.29, 0.717) is 32.1 Å². The van der Waals surface area contributed by atoms with Crippen LogP contribution in [-0.2, 0) is 28.5 Å². The predicted octanol–water partition coefficient (Wildman–Crippen LogP) is 1.30. The van der Waals surface area contributed by atoms with Gasteiger partial charge in [0.1, 0.15) is 36.6 Å². The molecule has 15 nitrogen and oxygen atoms in total. The summed E-state index contributed by atoms with van der Waals surface area (Å²) in [5, 5.41) is 99.2. The van der Waals surface area contributed by atoms with Crippen molar-refractivity contribution in [3.63, 3.8) is 0 Å². The van der Waals surface area contributed by atoms with Crippen LogP contribution in [0.4, 0.5) is 0 Å². The van der Waals surface area contributed by atoms with Gasteiger partial charge in [-0.2, -0.15) is 0 Å². The summed E-state index contributed by atoms with van der Waals surface area (Å²) in [6, 6.07) is 0. The van der Waals surface area contributed by atoms with E-state index in [4.69, 9.17) is 23.7 Å². The molecule has 0 unspecified atom stereocenters.